The zero-order chi connectivity index (χ0) is 21.8. The molecule has 1 amide bonds. The van der Waals surface area contributed by atoms with Crippen LogP contribution in [0.15, 0.2) is 23.7 Å². The maximum atomic E-state index is 12.4. The molecule has 0 aromatic carbocycles. The van der Waals surface area contributed by atoms with Crippen molar-refractivity contribution in [1.82, 2.24) is 19.9 Å². The number of nitrogens with two attached hydrogens (primary N) is 1. The Hall–Kier alpha value is -2.96. The topological polar surface area (TPSA) is 188 Å². The summed E-state index contributed by atoms with van der Waals surface area (Å²) in [7, 11) is 3.76. The van der Waals surface area contributed by atoms with Crippen LogP contribution in [0, 0.1) is 0 Å². The van der Waals surface area contributed by atoms with Gasteiger partial charge in [-0.15, -0.1) is 0 Å². The molecule has 5 atom stereocenters. The third kappa shape index (κ3) is 4.15. The summed E-state index contributed by atoms with van der Waals surface area (Å²) in [5.41, 5.74) is 16.1. The number of azide groups is 1. The molecule has 30 heavy (non-hydrogen) atoms. The highest BCUT2D eigenvalue weighted by molar-refractivity contribution is 5.85. The van der Waals surface area contributed by atoms with Gasteiger partial charge in [-0.05, 0) is 18.0 Å². The average Bonchev–Trinajstić information content (AvgIpc) is 3.29. The van der Waals surface area contributed by atoms with Crippen LogP contribution in [0.5, 0.6) is 0 Å². The Morgan fingerprint density at radius 3 is 2.97 bits per heavy atom. The minimum absolute atomic E-state index is 0.0712. The normalized spacial score (nSPS) is 24.4. The molecule has 5 N–H and O–H groups in total. The van der Waals surface area contributed by atoms with Crippen molar-refractivity contribution in [1.29, 1.82) is 0 Å². The summed E-state index contributed by atoms with van der Waals surface area (Å²) in [5.74, 6) is -0.543. The summed E-state index contributed by atoms with van der Waals surface area (Å²) in [6, 6.07) is -0.00454. The highest BCUT2D eigenvalue weighted by Crippen LogP contribution is 2.33. The van der Waals surface area contributed by atoms with E-state index in [-0.39, 0.29) is 13.0 Å². The molecule has 0 radical (unpaired) electrons. The number of aromatic nitrogens is 3. The molecule has 162 valence electrons. The maximum absolute atomic E-state index is 12.4. The quantitative estimate of drug-likeness (QED) is 0.244. The Morgan fingerprint density at radius 2 is 2.30 bits per heavy atom. The molecule has 1 fully saturated rings. The van der Waals surface area contributed by atoms with Gasteiger partial charge in [0.1, 0.15) is 17.7 Å². The fourth-order valence-corrected chi connectivity index (χ4v) is 3.42. The van der Waals surface area contributed by atoms with E-state index in [9.17, 15) is 15.0 Å². The molecule has 13 nitrogen and oxygen atoms in total. The van der Waals surface area contributed by atoms with Crippen LogP contribution in [-0.2, 0) is 9.53 Å². The van der Waals surface area contributed by atoms with Crippen molar-refractivity contribution in [2.24, 2.45) is 10.8 Å². The van der Waals surface area contributed by atoms with Crippen molar-refractivity contribution in [3.63, 3.8) is 0 Å². The number of carbonyl (C=O) groups is 1. The molecule has 0 saturated carbocycles. The summed E-state index contributed by atoms with van der Waals surface area (Å²) in [6.07, 6.45) is 0.328. The lowest BCUT2D eigenvalue weighted by Crippen LogP contribution is -2.53. The van der Waals surface area contributed by atoms with E-state index < -0.39 is 43.0 Å². The lowest BCUT2D eigenvalue weighted by molar-refractivity contribution is -0.124. The standard InChI is InChI=1S/C17H25N9O4/c1-25(2)10-4-5-20-15-12(10)21-8-26(15)17-14(28)13(11(7-27)30-17)23-16(29)9(18)3-6-22-24-19/h4-5,8-9,11,13-14,17,27-28H,3,6-7,18H2,1-2H3,(H,23,29)/t9-,11+,13?,14-,17+/m0/s1. The van der Waals surface area contributed by atoms with E-state index in [1.165, 1.54) is 6.33 Å². The van der Waals surface area contributed by atoms with Gasteiger partial charge in [-0.3, -0.25) is 9.36 Å². The fourth-order valence-electron chi connectivity index (χ4n) is 3.42. The largest absolute Gasteiger partial charge is 0.394 e. The second-order valence-electron chi connectivity index (χ2n) is 7.17. The van der Waals surface area contributed by atoms with E-state index >= 15 is 0 Å². The molecule has 2 aromatic heterocycles. The van der Waals surface area contributed by atoms with Gasteiger partial charge in [-0.25, -0.2) is 9.97 Å². The number of carbonyl (C=O) groups excluding carboxylic acids is 1. The second kappa shape index (κ2) is 9.24. The summed E-state index contributed by atoms with van der Waals surface area (Å²) in [4.78, 5) is 25.6. The van der Waals surface area contributed by atoms with Gasteiger partial charge in [0.2, 0.25) is 5.91 Å². The van der Waals surface area contributed by atoms with Gasteiger partial charge in [0.15, 0.2) is 11.9 Å². The molecule has 1 unspecified atom stereocenters. The molecule has 0 spiro atoms. The van der Waals surface area contributed by atoms with Crippen LogP contribution in [0.2, 0.25) is 0 Å². The predicted octanol–water partition coefficient (Wildman–Crippen LogP) is -0.740. The van der Waals surface area contributed by atoms with Gasteiger partial charge < -0.3 is 30.9 Å². The molecule has 0 bridgehead atoms. The number of aliphatic hydroxyl groups excluding tert-OH is 2. The number of aliphatic hydroxyl groups is 2. The van der Waals surface area contributed by atoms with Crippen molar-refractivity contribution in [2.45, 2.75) is 36.9 Å². The number of anilines is 1. The van der Waals surface area contributed by atoms with Crippen LogP contribution < -0.4 is 16.0 Å². The van der Waals surface area contributed by atoms with Gasteiger partial charge in [0.25, 0.3) is 0 Å². The third-order valence-electron chi connectivity index (χ3n) is 5.00. The number of fused-ring (bicyclic) bond motifs is 1. The van der Waals surface area contributed by atoms with Crippen LogP contribution in [0.1, 0.15) is 12.6 Å². The number of ether oxygens (including phenoxy) is 1. The number of pyridine rings is 1. The first kappa shape index (κ1) is 21.7. The molecule has 13 heteroatoms. The number of nitrogens with one attached hydrogen (secondary N) is 1. The smallest absolute Gasteiger partial charge is 0.237 e. The van der Waals surface area contributed by atoms with Crippen LogP contribution in [0.25, 0.3) is 21.6 Å². The average molecular weight is 419 g/mol. The SMILES string of the molecule is CN(C)c1ccnc2c1ncn2[C@@H]1O[C@H](CO)C(NC(=O)[C@@H](N)CCN=[N+]=[N-])[C@@H]1O. The lowest BCUT2D eigenvalue weighted by Gasteiger charge is -2.22. The van der Waals surface area contributed by atoms with E-state index in [1.54, 1.807) is 10.8 Å². The summed E-state index contributed by atoms with van der Waals surface area (Å²) in [5, 5.41) is 26.5. The Labute approximate surface area is 172 Å². The number of hydrogen-bond acceptors (Lipinski definition) is 9. The van der Waals surface area contributed by atoms with Gasteiger partial charge in [-0.1, -0.05) is 5.11 Å². The summed E-state index contributed by atoms with van der Waals surface area (Å²) in [6.45, 7) is -0.350. The summed E-state index contributed by atoms with van der Waals surface area (Å²) >= 11 is 0. The predicted molar refractivity (Wildman–Crippen MR) is 107 cm³/mol. The molecule has 0 aliphatic carbocycles. The van der Waals surface area contributed by atoms with Crippen molar-refractivity contribution in [2.75, 3.05) is 32.1 Å². The zero-order valence-corrected chi connectivity index (χ0v) is 16.7. The number of rotatable bonds is 8. The fraction of sp³-hybridized carbons (Fsp3) is 0.588. The van der Waals surface area contributed by atoms with Crippen molar-refractivity contribution >= 4 is 22.8 Å². The van der Waals surface area contributed by atoms with Gasteiger partial charge in [0, 0.05) is 31.7 Å². The van der Waals surface area contributed by atoms with E-state index in [1.807, 2.05) is 25.1 Å². The van der Waals surface area contributed by atoms with E-state index in [2.05, 4.69) is 25.3 Å². The number of amides is 1. The molecular weight excluding hydrogens is 394 g/mol. The second-order valence-corrected chi connectivity index (χ2v) is 7.17. The maximum Gasteiger partial charge on any atom is 0.237 e. The van der Waals surface area contributed by atoms with Crippen LogP contribution in [0.3, 0.4) is 0 Å². The van der Waals surface area contributed by atoms with E-state index in [4.69, 9.17) is 16.0 Å². The Bertz CT molecular complexity index is 942. The molecule has 3 rings (SSSR count). The molecule has 1 aliphatic rings. The van der Waals surface area contributed by atoms with E-state index in [0.29, 0.717) is 11.2 Å². The summed E-state index contributed by atoms with van der Waals surface area (Å²) < 4.78 is 7.39. The van der Waals surface area contributed by atoms with Crippen molar-refractivity contribution in [3.8, 4) is 0 Å². The third-order valence-corrected chi connectivity index (χ3v) is 5.00. The molecular formula is C17H25N9O4. The Balaban J connectivity index is 1.81. The van der Waals surface area contributed by atoms with E-state index in [0.717, 1.165) is 5.69 Å². The van der Waals surface area contributed by atoms with Crippen molar-refractivity contribution < 1.29 is 19.7 Å². The van der Waals surface area contributed by atoms with Crippen LogP contribution >= 0.6 is 0 Å². The first-order valence-corrected chi connectivity index (χ1v) is 9.39. The monoisotopic (exact) mass is 419 g/mol. The van der Waals surface area contributed by atoms with Crippen molar-refractivity contribution in [3.05, 3.63) is 29.0 Å². The molecule has 1 aliphatic heterocycles. The van der Waals surface area contributed by atoms with Gasteiger partial charge >= 0.3 is 0 Å². The van der Waals surface area contributed by atoms with Crippen LogP contribution in [-0.4, -0.2) is 82.2 Å². The lowest BCUT2D eigenvalue weighted by atomic mass is 10.1. The van der Waals surface area contributed by atoms with Gasteiger partial charge in [0.05, 0.1) is 30.7 Å². The number of hydrogen-bond donors (Lipinski definition) is 4. The molecule has 1 saturated heterocycles. The first-order chi connectivity index (χ1) is 14.4. The Morgan fingerprint density at radius 1 is 1.53 bits per heavy atom. The highest BCUT2D eigenvalue weighted by atomic mass is 16.5. The molecule has 2 aromatic rings. The minimum atomic E-state index is -1.18. The first-order valence-electron chi connectivity index (χ1n) is 9.39. The highest BCUT2D eigenvalue weighted by Gasteiger charge is 2.46. The number of imidazole rings is 1. The van der Waals surface area contributed by atoms with Crippen LogP contribution in [0.4, 0.5) is 5.69 Å². The van der Waals surface area contributed by atoms with Gasteiger partial charge in [-0.2, -0.15) is 0 Å². The number of nitrogens with zero attached hydrogens (tertiary/aromatic N) is 7. The Kier molecular flexibility index (Phi) is 6.70. The minimum Gasteiger partial charge on any atom is -0.394 e. The zero-order valence-electron chi connectivity index (χ0n) is 16.7. The molecule has 3 heterocycles.